The number of hydrogen-bond donors (Lipinski definition) is 0. The molecule has 0 rings (SSSR count). The Balaban J connectivity index is 3.04. The van der Waals surface area contributed by atoms with Crippen LogP contribution in [0, 0.1) is 0 Å². The fourth-order valence-corrected chi connectivity index (χ4v) is 2.49. The zero-order valence-electron chi connectivity index (χ0n) is 23.0. The van der Waals surface area contributed by atoms with Crippen molar-refractivity contribution in [3.05, 3.63) is 0 Å². The van der Waals surface area contributed by atoms with Gasteiger partial charge in [0.25, 0.3) is 0 Å². The predicted molar refractivity (Wildman–Crippen MR) is 135 cm³/mol. The summed E-state index contributed by atoms with van der Waals surface area (Å²) in [4.78, 5) is 11.2. The van der Waals surface area contributed by atoms with Gasteiger partial charge in [-0.1, -0.05) is 6.92 Å². The van der Waals surface area contributed by atoms with Crippen LogP contribution in [0.1, 0.15) is 19.8 Å². The van der Waals surface area contributed by atoms with Gasteiger partial charge in [-0.2, -0.15) is 0 Å². The highest BCUT2D eigenvalue weighted by molar-refractivity contribution is 5.69. The third-order valence-electron chi connectivity index (χ3n) is 4.35. The Kier molecular flexibility index (Phi) is 32.3. The van der Waals surface area contributed by atoms with Gasteiger partial charge >= 0.3 is 5.97 Å². The van der Waals surface area contributed by atoms with Gasteiger partial charge < -0.3 is 52.1 Å². The minimum absolute atomic E-state index is 0.186. The first kappa shape index (κ1) is 36.1. The summed E-state index contributed by atoms with van der Waals surface area (Å²) in [5, 5.41) is 0. The lowest BCUT2D eigenvalue weighted by Crippen LogP contribution is -2.15. The average molecular weight is 543 g/mol. The molecule has 0 aliphatic carbocycles. The lowest BCUT2D eigenvalue weighted by Gasteiger charge is -2.09. The summed E-state index contributed by atoms with van der Waals surface area (Å²) < 4.78 is 58.4. The van der Waals surface area contributed by atoms with Crippen molar-refractivity contribution in [3.63, 3.8) is 0 Å². The molecule has 0 heterocycles. The molecular formula is C25H50O12. The third-order valence-corrected chi connectivity index (χ3v) is 4.35. The van der Waals surface area contributed by atoms with Crippen molar-refractivity contribution in [2.45, 2.75) is 19.8 Å². The molecule has 0 N–H and O–H groups in total. The van der Waals surface area contributed by atoms with Gasteiger partial charge in [0.15, 0.2) is 0 Å². The zero-order chi connectivity index (χ0) is 26.9. The van der Waals surface area contributed by atoms with E-state index in [1.165, 1.54) is 0 Å². The SMILES string of the molecule is CCCC(=O)OCCOCCOCCOCCOCCOCCOCCOCCOCCOCCOC. The summed E-state index contributed by atoms with van der Waals surface area (Å²) in [6, 6.07) is 0. The molecule has 12 heteroatoms. The number of carbonyl (C=O) groups excluding carboxylic acids is 1. The van der Waals surface area contributed by atoms with Gasteiger partial charge in [0.2, 0.25) is 0 Å². The molecule has 222 valence electrons. The highest BCUT2D eigenvalue weighted by Crippen LogP contribution is 1.91. The lowest BCUT2D eigenvalue weighted by molar-refractivity contribution is -0.145. The van der Waals surface area contributed by atoms with Crippen LogP contribution in [0.3, 0.4) is 0 Å². The van der Waals surface area contributed by atoms with Gasteiger partial charge in [0.05, 0.1) is 126 Å². The Bertz CT molecular complexity index is 442. The summed E-state index contributed by atoms with van der Waals surface area (Å²) in [5.74, 6) is -0.186. The van der Waals surface area contributed by atoms with Crippen LogP contribution in [0.4, 0.5) is 0 Å². The van der Waals surface area contributed by atoms with E-state index in [1.807, 2.05) is 6.92 Å². The monoisotopic (exact) mass is 542 g/mol. The van der Waals surface area contributed by atoms with Crippen molar-refractivity contribution in [2.75, 3.05) is 139 Å². The van der Waals surface area contributed by atoms with Crippen molar-refractivity contribution < 1.29 is 56.9 Å². The second kappa shape index (κ2) is 33.1. The minimum Gasteiger partial charge on any atom is -0.463 e. The van der Waals surface area contributed by atoms with Crippen molar-refractivity contribution in [2.24, 2.45) is 0 Å². The normalized spacial score (nSPS) is 11.3. The van der Waals surface area contributed by atoms with Gasteiger partial charge in [-0.25, -0.2) is 0 Å². The molecule has 0 spiro atoms. The van der Waals surface area contributed by atoms with Crippen LogP contribution in [0.2, 0.25) is 0 Å². The van der Waals surface area contributed by atoms with E-state index in [0.29, 0.717) is 132 Å². The molecule has 0 saturated heterocycles. The van der Waals surface area contributed by atoms with Gasteiger partial charge in [0.1, 0.15) is 6.61 Å². The topological polar surface area (TPSA) is 119 Å². The molecule has 0 bridgehead atoms. The van der Waals surface area contributed by atoms with Crippen LogP contribution in [-0.2, 0) is 56.9 Å². The molecular weight excluding hydrogens is 492 g/mol. The Morgan fingerprint density at radius 3 is 0.892 bits per heavy atom. The molecule has 0 aromatic heterocycles. The molecule has 0 aromatic carbocycles. The van der Waals surface area contributed by atoms with E-state index in [-0.39, 0.29) is 12.6 Å². The summed E-state index contributed by atoms with van der Waals surface area (Å²) in [5.41, 5.74) is 0. The number of esters is 1. The van der Waals surface area contributed by atoms with Crippen LogP contribution in [0.5, 0.6) is 0 Å². The first-order valence-electron chi connectivity index (χ1n) is 13.2. The average Bonchev–Trinajstić information content (AvgIpc) is 2.90. The molecule has 0 aliphatic rings. The lowest BCUT2D eigenvalue weighted by atomic mass is 10.3. The van der Waals surface area contributed by atoms with Crippen molar-refractivity contribution in [1.29, 1.82) is 0 Å². The van der Waals surface area contributed by atoms with Crippen LogP contribution in [0.15, 0.2) is 0 Å². The summed E-state index contributed by atoms with van der Waals surface area (Å²) >= 11 is 0. The molecule has 0 aromatic rings. The van der Waals surface area contributed by atoms with Gasteiger partial charge in [-0.15, -0.1) is 0 Å². The Morgan fingerprint density at radius 2 is 0.649 bits per heavy atom. The fourth-order valence-electron chi connectivity index (χ4n) is 2.49. The molecule has 0 saturated carbocycles. The van der Waals surface area contributed by atoms with E-state index in [2.05, 4.69) is 0 Å². The zero-order valence-corrected chi connectivity index (χ0v) is 23.0. The maximum absolute atomic E-state index is 11.2. The number of carbonyl (C=O) groups is 1. The molecule has 0 aliphatic heterocycles. The second-order valence-electron chi connectivity index (χ2n) is 7.47. The largest absolute Gasteiger partial charge is 0.463 e. The fraction of sp³-hybridized carbons (Fsp3) is 0.960. The van der Waals surface area contributed by atoms with Gasteiger partial charge in [-0.05, 0) is 6.42 Å². The predicted octanol–water partition coefficient (Wildman–Crippen LogP) is 1.13. The highest BCUT2D eigenvalue weighted by Gasteiger charge is 2.00. The van der Waals surface area contributed by atoms with Gasteiger partial charge in [0, 0.05) is 13.5 Å². The minimum atomic E-state index is -0.186. The molecule has 12 nitrogen and oxygen atoms in total. The van der Waals surface area contributed by atoms with E-state index < -0.39 is 0 Å². The summed E-state index contributed by atoms with van der Waals surface area (Å²) in [7, 11) is 1.64. The van der Waals surface area contributed by atoms with Crippen molar-refractivity contribution in [3.8, 4) is 0 Å². The van der Waals surface area contributed by atoms with E-state index in [0.717, 1.165) is 6.42 Å². The van der Waals surface area contributed by atoms with E-state index in [9.17, 15) is 4.79 Å². The maximum Gasteiger partial charge on any atom is 0.305 e. The molecule has 0 amide bonds. The molecule has 0 atom stereocenters. The Hall–Kier alpha value is -0.930. The quantitative estimate of drug-likeness (QED) is 0.0895. The molecule has 0 radical (unpaired) electrons. The maximum atomic E-state index is 11.2. The summed E-state index contributed by atoms with van der Waals surface area (Å²) in [6.07, 6.45) is 1.23. The number of ether oxygens (including phenoxy) is 11. The van der Waals surface area contributed by atoms with Crippen molar-refractivity contribution in [1.82, 2.24) is 0 Å². The Morgan fingerprint density at radius 1 is 0.405 bits per heavy atom. The third kappa shape index (κ3) is 33.0. The van der Waals surface area contributed by atoms with E-state index >= 15 is 0 Å². The second-order valence-corrected chi connectivity index (χ2v) is 7.47. The van der Waals surface area contributed by atoms with E-state index in [4.69, 9.17) is 52.1 Å². The number of hydrogen-bond acceptors (Lipinski definition) is 12. The standard InChI is InChI=1S/C25H50O12/c1-3-4-25(26)37-24-23-36-22-21-35-20-19-34-18-17-33-16-15-32-14-13-31-12-11-30-10-9-29-8-7-28-6-5-27-2/h3-24H2,1-2H3. The highest BCUT2D eigenvalue weighted by atomic mass is 16.6. The number of methoxy groups -OCH3 is 1. The smallest absolute Gasteiger partial charge is 0.305 e. The molecule has 0 fully saturated rings. The van der Waals surface area contributed by atoms with Crippen molar-refractivity contribution >= 4 is 5.97 Å². The van der Waals surface area contributed by atoms with Crippen LogP contribution >= 0.6 is 0 Å². The van der Waals surface area contributed by atoms with Crippen LogP contribution < -0.4 is 0 Å². The van der Waals surface area contributed by atoms with Gasteiger partial charge in [-0.3, -0.25) is 4.79 Å². The van der Waals surface area contributed by atoms with Crippen LogP contribution in [-0.4, -0.2) is 145 Å². The first-order chi connectivity index (χ1) is 18.3. The van der Waals surface area contributed by atoms with Crippen LogP contribution in [0.25, 0.3) is 0 Å². The Labute approximate surface area is 222 Å². The number of rotatable bonds is 32. The van der Waals surface area contributed by atoms with E-state index in [1.54, 1.807) is 7.11 Å². The molecule has 0 unspecified atom stereocenters. The first-order valence-corrected chi connectivity index (χ1v) is 13.2. The summed E-state index contributed by atoms with van der Waals surface area (Å²) in [6.45, 7) is 11.9. The molecule has 37 heavy (non-hydrogen) atoms.